The second-order valence-electron chi connectivity index (χ2n) is 1.63. The quantitative estimate of drug-likeness (QED) is 0.259. The van der Waals surface area contributed by atoms with Crippen LogP contribution in [0.5, 0.6) is 0 Å². The Morgan fingerprint density at radius 3 is 1.43 bits per heavy atom. The molecule has 0 aromatic carbocycles. The summed E-state index contributed by atoms with van der Waals surface area (Å²) in [7, 11) is 0. The van der Waals surface area contributed by atoms with E-state index in [4.69, 9.17) is 15.3 Å². The number of nitrogens with two attached hydrogens (primary N) is 3. The Labute approximate surface area is 78.4 Å². The van der Waals surface area contributed by atoms with Crippen molar-refractivity contribution in [3.05, 3.63) is 0 Å². The van der Waals surface area contributed by atoms with Gasteiger partial charge in [0.2, 0.25) is 0 Å². The number of nitrogens with one attached hydrogen (secondary N) is 1. The van der Waals surface area contributed by atoms with Crippen molar-refractivity contribution in [3.63, 3.8) is 0 Å². The molecular formula is C5H13F3N4O2. The number of rotatable bonds is 0. The fourth-order valence-electron chi connectivity index (χ4n) is 0. The zero-order valence-corrected chi connectivity index (χ0v) is 7.43. The van der Waals surface area contributed by atoms with Gasteiger partial charge < -0.3 is 22.3 Å². The molecule has 0 aliphatic carbocycles. The number of carbonyl (C=O) groups excluding carboxylic acids is 1. The molecule has 0 spiro atoms. The first kappa shape index (κ1) is 18.3. The average Bonchev–Trinajstić information content (AvgIpc) is 1.84. The van der Waals surface area contributed by atoms with Gasteiger partial charge in [0, 0.05) is 6.61 Å². The first-order valence-electron chi connectivity index (χ1n) is 3.16. The summed E-state index contributed by atoms with van der Waals surface area (Å²) in [6.45, 7) is 1.93. The lowest BCUT2D eigenvalue weighted by Gasteiger charge is -1.95. The van der Waals surface area contributed by atoms with E-state index in [2.05, 4.69) is 17.2 Å². The van der Waals surface area contributed by atoms with Gasteiger partial charge in [-0.25, -0.2) is 0 Å². The minimum atomic E-state index is -4.86. The van der Waals surface area contributed by atoms with Gasteiger partial charge in [-0.05, 0) is 6.92 Å². The van der Waals surface area contributed by atoms with E-state index in [1.807, 2.05) is 0 Å². The molecule has 0 aliphatic heterocycles. The summed E-state index contributed by atoms with van der Waals surface area (Å²) in [6, 6.07) is 0. The van der Waals surface area contributed by atoms with Crippen LogP contribution in [0.15, 0.2) is 0 Å². The largest absolute Gasteiger partial charge is 0.470 e. The lowest BCUT2D eigenvalue weighted by atomic mass is 10.6. The molecule has 0 rings (SSSR count). The van der Waals surface area contributed by atoms with E-state index in [1.165, 1.54) is 0 Å². The zero-order chi connectivity index (χ0) is 12.4. The van der Waals surface area contributed by atoms with Crippen LogP contribution in [0, 0.1) is 5.41 Å². The highest BCUT2D eigenvalue weighted by Gasteiger charge is 2.35. The summed E-state index contributed by atoms with van der Waals surface area (Å²) in [6.07, 6.45) is -4.86. The second-order valence-corrected chi connectivity index (χ2v) is 1.63. The monoisotopic (exact) mass is 218 g/mol. The third-order valence-electron chi connectivity index (χ3n) is 0.279. The Morgan fingerprint density at radius 1 is 1.36 bits per heavy atom. The van der Waals surface area contributed by atoms with E-state index < -0.39 is 12.1 Å². The predicted molar refractivity (Wildman–Crippen MR) is 44.1 cm³/mol. The van der Waals surface area contributed by atoms with Crippen LogP contribution in [0.4, 0.5) is 13.2 Å². The van der Waals surface area contributed by atoms with E-state index in [1.54, 1.807) is 6.92 Å². The summed E-state index contributed by atoms with van der Waals surface area (Å²) in [5, 5.41) is 13.6. The second kappa shape index (κ2) is 9.58. The molecule has 0 saturated carbocycles. The molecule has 0 aromatic heterocycles. The molecule has 14 heavy (non-hydrogen) atoms. The van der Waals surface area contributed by atoms with Crippen molar-refractivity contribution in [2.45, 2.75) is 13.1 Å². The van der Waals surface area contributed by atoms with Gasteiger partial charge in [0.15, 0.2) is 5.96 Å². The molecule has 0 aliphatic rings. The Morgan fingerprint density at radius 2 is 1.43 bits per heavy atom. The van der Waals surface area contributed by atoms with Crippen molar-refractivity contribution in [1.29, 1.82) is 5.41 Å². The average molecular weight is 218 g/mol. The normalized spacial score (nSPS) is 8.64. The molecule has 0 heterocycles. The van der Waals surface area contributed by atoms with E-state index in [9.17, 15) is 13.2 Å². The molecular weight excluding hydrogens is 205 g/mol. The van der Waals surface area contributed by atoms with Gasteiger partial charge in [-0.15, -0.1) is 0 Å². The van der Waals surface area contributed by atoms with Gasteiger partial charge in [-0.3, -0.25) is 10.2 Å². The molecule has 0 aromatic rings. The number of aliphatic hydroxyl groups excluding tert-OH is 1. The first-order chi connectivity index (χ1) is 6.09. The van der Waals surface area contributed by atoms with Crippen LogP contribution in [-0.2, 0) is 4.79 Å². The molecule has 6 nitrogen and oxygen atoms in total. The van der Waals surface area contributed by atoms with Crippen molar-refractivity contribution < 1.29 is 23.1 Å². The van der Waals surface area contributed by atoms with Crippen LogP contribution in [0.3, 0.4) is 0 Å². The maximum absolute atomic E-state index is 10.7. The minimum Gasteiger partial charge on any atom is -0.397 e. The van der Waals surface area contributed by atoms with Gasteiger partial charge in [0.05, 0.1) is 0 Å². The maximum atomic E-state index is 10.7. The van der Waals surface area contributed by atoms with Crippen LogP contribution >= 0.6 is 0 Å². The number of alkyl halides is 3. The Balaban J connectivity index is -0.000000147. The lowest BCUT2D eigenvalue weighted by Crippen LogP contribution is -2.30. The number of hydrogen-bond donors (Lipinski definition) is 5. The van der Waals surface area contributed by atoms with E-state index in [0.717, 1.165) is 0 Å². The summed E-state index contributed by atoms with van der Waals surface area (Å²) >= 11 is 0. The molecule has 8 N–H and O–H groups in total. The first-order valence-corrected chi connectivity index (χ1v) is 3.16. The fourth-order valence-corrected chi connectivity index (χ4v) is 0. The topological polar surface area (TPSA) is 139 Å². The number of hydrogen-bond acceptors (Lipinski definition) is 3. The Bertz CT molecular complexity index is 167. The number of halogens is 3. The highest BCUT2D eigenvalue weighted by molar-refractivity contribution is 5.79. The van der Waals surface area contributed by atoms with E-state index >= 15 is 0 Å². The zero-order valence-electron chi connectivity index (χ0n) is 7.43. The van der Waals surface area contributed by atoms with Crippen LogP contribution in [0.1, 0.15) is 6.92 Å². The number of guanidine groups is 1. The Hall–Kier alpha value is -1.51. The molecule has 0 atom stereocenters. The standard InChI is InChI=1S/C2H2F3NO.C2H6O.CH5N3/c3-2(4,5)1(6)7;1-2-3;2-1(3)4/h(H2,6,7);3H,2H2,1H3;(H5,2,3,4). The van der Waals surface area contributed by atoms with Gasteiger partial charge in [0.25, 0.3) is 0 Å². The predicted octanol–water partition coefficient (Wildman–Crippen LogP) is -1.13. The SMILES string of the molecule is CCO.N=C(N)N.NC(=O)C(F)(F)F. The Kier molecular flexibility index (Phi) is 12.5. The number of primary amides is 1. The molecule has 1 amide bonds. The lowest BCUT2D eigenvalue weighted by molar-refractivity contribution is -0.169. The summed E-state index contributed by atoms with van der Waals surface area (Å²) in [4.78, 5) is 9.12. The van der Waals surface area contributed by atoms with E-state index in [-0.39, 0.29) is 12.6 Å². The van der Waals surface area contributed by atoms with E-state index in [0.29, 0.717) is 0 Å². The van der Waals surface area contributed by atoms with Crippen molar-refractivity contribution in [2.75, 3.05) is 6.61 Å². The number of aliphatic hydroxyl groups is 1. The molecule has 0 saturated heterocycles. The maximum Gasteiger partial charge on any atom is 0.470 e. The third-order valence-corrected chi connectivity index (χ3v) is 0.279. The molecule has 0 unspecified atom stereocenters. The van der Waals surface area contributed by atoms with Gasteiger partial charge in [0.1, 0.15) is 0 Å². The van der Waals surface area contributed by atoms with Crippen molar-refractivity contribution >= 4 is 11.9 Å². The van der Waals surface area contributed by atoms with Gasteiger partial charge in [-0.1, -0.05) is 0 Å². The molecule has 0 radical (unpaired) electrons. The van der Waals surface area contributed by atoms with Crippen molar-refractivity contribution in [1.82, 2.24) is 0 Å². The smallest absolute Gasteiger partial charge is 0.397 e. The van der Waals surface area contributed by atoms with Gasteiger partial charge in [-0.2, -0.15) is 13.2 Å². The molecule has 9 heteroatoms. The van der Waals surface area contributed by atoms with Crippen LogP contribution in [0.2, 0.25) is 0 Å². The summed E-state index contributed by atoms with van der Waals surface area (Å²) < 4.78 is 32.1. The van der Waals surface area contributed by atoms with Crippen LogP contribution in [-0.4, -0.2) is 29.8 Å². The number of amides is 1. The molecule has 0 fully saturated rings. The molecule has 86 valence electrons. The van der Waals surface area contributed by atoms with Gasteiger partial charge >= 0.3 is 12.1 Å². The third kappa shape index (κ3) is 46.9. The van der Waals surface area contributed by atoms with Crippen LogP contribution in [0.25, 0.3) is 0 Å². The molecule has 0 bridgehead atoms. The summed E-state index contributed by atoms with van der Waals surface area (Å²) in [5.41, 5.74) is 12.8. The summed E-state index contributed by atoms with van der Waals surface area (Å²) in [5.74, 6) is -2.59. The highest BCUT2D eigenvalue weighted by Crippen LogP contribution is 2.11. The fraction of sp³-hybridized carbons (Fsp3) is 0.600. The van der Waals surface area contributed by atoms with Crippen molar-refractivity contribution in [3.8, 4) is 0 Å². The highest BCUT2D eigenvalue weighted by atomic mass is 19.4. The minimum absolute atomic E-state index is 0.250. The van der Waals surface area contributed by atoms with Crippen molar-refractivity contribution in [2.24, 2.45) is 17.2 Å². The number of carbonyl (C=O) groups is 1. The van der Waals surface area contributed by atoms with Crippen LogP contribution < -0.4 is 17.2 Å².